The molecule has 4 nitrogen and oxygen atoms in total. The van der Waals surface area contributed by atoms with Crippen LogP contribution in [0.15, 0.2) is 23.4 Å². The van der Waals surface area contributed by atoms with Gasteiger partial charge in [-0.15, -0.1) is 0 Å². The zero-order valence-corrected chi connectivity index (χ0v) is 6.91. The van der Waals surface area contributed by atoms with E-state index in [1.165, 1.54) is 12.2 Å². The number of carboxylic acids is 1. The van der Waals surface area contributed by atoms with Gasteiger partial charge in [0.05, 0.1) is 11.5 Å². The predicted molar refractivity (Wildman–Crippen MR) is 44.9 cm³/mol. The first-order chi connectivity index (χ1) is 6.20. The molecule has 0 aromatic carbocycles. The second-order valence-corrected chi connectivity index (χ2v) is 3.14. The molecule has 1 aliphatic heterocycles. The lowest BCUT2D eigenvalue weighted by atomic mass is 9.91. The first-order valence-corrected chi connectivity index (χ1v) is 4.13. The summed E-state index contributed by atoms with van der Waals surface area (Å²) < 4.78 is 0. The van der Waals surface area contributed by atoms with Gasteiger partial charge in [-0.25, -0.2) is 4.79 Å². The maximum Gasteiger partial charge on any atom is 0.337 e. The minimum Gasteiger partial charge on any atom is -0.478 e. The molecular weight excluding hydrogens is 170 g/mol. The smallest absolute Gasteiger partial charge is 0.337 e. The monoisotopic (exact) mass is 179 g/mol. The molecule has 68 valence electrons. The van der Waals surface area contributed by atoms with Crippen molar-refractivity contribution < 1.29 is 14.7 Å². The fourth-order valence-corrected chi connectivity index (χ4v) is 1.74. The van der Waals surface area contributed by atoms with Gasteiger partial charge in [-0.3, -0.25) is 4.79 Å². The molecule has 2 aliphatic rings. The summed E-state index contributed by atoms with van der Waals surface area (Å²) in [4.78, 5) is 22.0. The molecule has 0 aromatic rings. The van der Waals surface area contributed by atoms with Crippen LogP contribution in [-0.4, -0.2) is 23.4 Å². The summed E-state index contributed by atoms with van der Waals surface area (Å²) in [6.45, 7) is 0.685. The highest BCUT2D eigenvalue weighted by Gasteiger charge is 2.32. The normalized spacial score (nSPS) is 25.8. The van der Waals surface area contributed by atoms with E-state index in [9.17, 15) is 9.59 Å². The van der Waals surface area contributed by atoms with Crippen molar-refractivity contribution in [2.24, 2.45) is 5.92 Å². The van der Waals surface area contributed by atoms with E-state index in [0.29, 0.717) is 18.7 Å². The lowest BCUT2D eigenvalue weighted by Gasteiger charge is -2.14. The van der Waals surface area contributed by atoms with Gasteiger partial charge in [-0.05, 0) is 18.6 Å². The third-order valence-electron chi connectivity index (χ3n) is 2.38. The molecule has 2 N–H and O–H groups in total. The molecule has 2 rings (SSSR count). The number of fused-ring (bicyclic) bond motifs is 1. The van der Waals surface area contributed by atoms with Crippen LogP contribution in [0.1, 0.15) is 6.42 Å². The Bertz CT molecular complexity index is 341. The van der Waals surface area contributed by atoms with E-state index in [1.807, 2.05) is 0 Å². The molecule has 13 heavy (non-hydrogen) atoms. The zero-order chi connectivity index (χ0) is 9.42. The molecular formula is C9H9NO3. The minimum absolute atomic E-state index is 0.00463. The minimum atomic E-state index is -0.974. The number of carbonyl (C=O) groups is 2. The zero-order valence-electron chi connectivity index (χ0n) is 6.91. The van der Waals surface area contributed by atoms with E-state index >= 15 is 0 Å². The summed E-state index contributed by atoms with van der Waals surface area (Å²) in [6, 6.07) is 0. The van der Waals surface area contributed by atoms with E-state index in [1.54, 1.807) is 0 Å². The van der Waals surface area contributed by atoms with Crippen LogP contribution in [0.4, 0.5) is 0 Å². The van der Waals surface area contributed by atoms with E-state index in [-0.39, 0.29) is 17.3 Å². The van der Waals surface area contributed by atoms with Crippen molar-refractivity contribution in [3.05, 3.63) is 23.4 Å². The highest BCUT2D eigenvalue weighted by Crippen LogP contribution is 2.27. The molecule has 0 aromatic heterocycles. The molecule has 1 fully saturated rings. The summed E-state index contributed by atoms with van der Waals surface area (Å²) in [5, 5.41) is 11.8. The SMILES string of the molecule is O=C(O)C1=C2NCCC2C(=O)C=C1. The Labute approximate surface area is 74.9 Å². The maximum atomic E-state index is 11.3. The Hall–Kier alpha value is -1.58. The number of allylic oxidation sites excluding steroid dienone is 2. The Kier molecular flexibility index (Phi) is 1.69. The number of ketones is 1. The van der Waals surface area contributed by atoms with Crippen molar-refractivity contribution in [3.8, 4) is 0 Å². The molecule has 1 saturated heterocycles. The quantitative estimate of drug-likeness (QED) is 0.598. The molecule has 0 amide bonds. The van der Waals surface area contributed by atoms with Gasteiger partial charge in [0.1, 0.15) is 0 Å². The standard InChI is InChI=1S/C9H9NO3/c11-7-2-1-6(9(12)13)8-5(7)3-4-10-8/h1-2,5,10H,3-4H2,(H,12,13). The molecule has 1 atom stereocenters. The van der Waals surface area contributed by atoms with Crippen molar-refractivity contribution in [2.45, 2.75) is 6.42 Å². The first-order valence-electron chi connectivity index (χ1n) is 4.13. The fourth-order valence-electron chi connectivity index (χ4n) is 1.74. The van der Waals surface area contributed by atoms with Crippen LogP contribution in [-0.2, 0) is 9.59 Å². The third kappa shape index (κ3) is 1.14. The van der Waals surface area contributed by atoms with E-state index in [2.05, 4.69) is 5.32 Å². The van der Waals surface area contributed by atoms with Gasteiger partial charge in [0.25, 0.3) is 0 Å². The summed E-state index contributed by atoms with van der Waals surface area (Å²) >= 11 is 0. The number of rotatable bonds is 1. The van der Waals surface area contributed by atoms with Crippen molar-refractivity contribution >= 4 is 11.8 Å². The number of hydrogen-bond donors (Lipinski definition) is 2. The van der Waals surface area contributed by atoms with E-state index in [0.717, 1.165) is 0 Å². The average Bonchev–Trinajstić information content (AvgIpc) is 2.53. The highest BCUT2D eigenvalue weighted by molar-refractivity contribution is 6.02. The Morgan fingerprint density at radius 3 is 3.00 bits per heavy atom. The molecule has 0 spiro atoms. The van der Waals surface area contributed by atoms with Crippen molar-refractivity contribution in [1.29, 1.82) is 0 Å². The molecule has 0 saturated carbocycles. The van der Waals surface area contributed by atoms with Gasteiger partial charge in [-0.1, -0.05) is 0 Å². The number of nitrogens with one attached hydrogen (secondary N) is 1. The van der Waals surface area contributed by atoms with Crippen LogP contribution in [0.3, 0.4) is 0 Å². The van der Waals surface area contributed by atoms with Gasteiger partial charge >= 0.3 is 5.97 Å². The fraction of sp³-hybridized carbons (Fsp3) is 0.333. The Morgan fingerprint density at radius 1 is 1.54 bits per heavy atom. The molecule has 1 aliphatic carbocycles. The number of aliphatic carboxylic acids is 1. The van der Waals surface area contributed by atoms with E-state index in [4.69, 9.17) is 5.11 Å². The van der Waals surface area contributed by atoms with Gasteiger partial charge in [0.15, 0.2) is 5.78 Å². The number of carboxylic acid groups (broad SMARTS) is 1. The molecule has 0 bridgehead atoms. The maximum absolute atomic E-state index is 11.3. The lowest BCUT2D eigenvalue weighted by molar-refractivity contribution is -0.132. The molecule has 1 unspecified atom stereocenters. The number of carbonyl (C=O) groups excluding carboxylic acids is 1. The Balaban J connectivity index is 2.45. The van der Waals surface area contributed by atoms with Crippen LogP contribution in [0.2, 0.25) is 0 Å². The van der Waals surface area contributed by atoms with Crippen molar-refractivity contribution in [1.82, 2.24) is 5.32 Å². The lowest BCUT2D eigenvalue weighted by Crippen LogP contribution is -2.22. The van der Waals surface area contributed by atoms with Gasteiger partial charge in [0.2, 0.25) is 0 Å². The summed E-state index contributed by atoms with van der Waals surface area (Å²) in [5.41, 5.74) is 0.808. The van der Waals surface area contributed by atoms with Crippen molar-refractivity contribution in [3.63, 3.8) is 0 Å². The van der Waals surface area contributed by atoms with Gasteiger partial charge in [-0.2, -0.15) is 0 Å². The molecule has 1 heterocycles. The average molecular weight is 179 g/mol. The van der Waals surface area contributed by atoms with Crippen LogP contribution in [0, 0.1) is 5.92 Å². The topological polar surface area (TPSA) is 66.4 Å². The van der Waals surface area contributed by atoms with Gasteiger partial charge in [0, 0.05) is 12.2 Å². The van der Waals surface area contributed by atoms with Crippen LogP contribution in [0.25, 0.3) is 0 Å². The van der Waals surface area contributed by atoms with Crippen molar-refractivity contribution in [2.75, 3.05) is 6.54 Å². The Morgan fingerprint density at radius 2 is 2.31 bits per heavy atom. The highest BCUT2D eigenvalue weighted by atomic mass is 16.4. The van der Waals surface area contributed by atoms with Crippen LogP contribution >= 0.6 is 0 Å². The second kappa shape index (κ2) is 2.73. The predicted octanol–water partition coefficient (Wildman–Crippen LogP) is 0.0735. The largest absolute Gasteiger partial charge is 0.478 e. The number of hydrogen-bond acceptors (Lipinski definition) is 3. The van der Waals surface area contributed by atoms with Crippen LogP contribution in [0.5, 0.6) is 0 Å². The molecule has 0 radical (unpaired) electrons. The summed E-state index contributed by atoms with van der Waals surface area (Å²) in [6.07, 6.45) is 3.43. The van der Waals surface area contributed by atoms with E-state index < -0.39 is 5.97 Å². The second-order valence-electron chi connectivity index (χ2n) is 3.14. The van der Waals surface area contributed by atoms with Gasteiger partial charge < -0.3 is 10.4 Å². The van der Waals surface area contributed by atoms with Crippen LogP contribution < -0.4 is 5.32 Å². The third-order valence-corrected chi connectivity index (χ3v) is 2.38. The first kappa shape index (κ1) is 8.04. The summed E-state index contributed by atoms with van der Waals surface area (Å²) in [7, 11) is 0. The summed E-state index contributed by atoms with van der Waals surface area (Å²) in [5.74, 6) is -1.21. The molecule has 4 heteroatoms.